The average molecular weight is 302 g/mol. The Morgan fingerprint density at radius 3 is 3.00 bits per heavy atom. The lowest BCUT2D eigenvalue weighted by molar-refractivity contribution is -0.150. The third kappa shape index (κ3) is 2.62. The number of nitrogens with one attached hydrogen (secondary N) is 1. The third-order valence-electron chi connectivity index (χ3n) is 3.69. The van der Waals surface area contributed by atoms with Gasteiger partial charge in [0.25, 0.3) is 0 Å². The number of thioether (sulfide) groups is 1. The SMILES string of the molecule is COC(=O)C(O)CNC(=O)C1CSC2(C)CCC(=O)N12. The first-order valence-corrected chi connectivity index (χ1v) is 7.37. The lowest BCUT2D eigenvalue weighted by atomic mass is 10.2. The molecule has 0 aromatic carbocycles. The van der Waals surface area contributed by atoms with Crippen molar-refractivity contribution < 1.29 is 24.2 Å². The van der Waals surface area contributed by atoms with E-state index in [2.05, 4.69) is 10.1 Å². The number of nitrogens with zero attached hydrogens (tertiary/aromatic N) is 1. The summed E-state index contributed by atoms with van der Waals surface area (Å²) >= 11 is 1.59. The van der Waals surface area contributed by atoms with Crippen LogP contribution >= 0.6 is 11.8 Å². The maximum Gasteiger partial charge on any atom is 0.336 e. The maximum atomic E-state index is 12.1. The quantitative estimate of drug-likeness (QED) is 0.653. The van der Waals surface area contributed by atoms with Crippen molar-refractivity contribution in [2.75, 3.05) is 19.4 Å². The standard InChI is InChI=1S/C12H18N2O5S/c1-12-4-3-9(16)14(12)7(6-20-12)10(17)13-5-8(15)11(18)19-2/h7-8,15H,3-6H2,1-2H3,(H,13,17). The molecule has 0 spiro atoms. The molecular formula is C12H18N2O5S. The summed E-state index contributed by atoms with van der Waals surface area (Å²) in [6, 6.07) is -0.537. The molecular weight excluding hydrogens is 284 g/mol. The normalized spacial score (nSPS) is 30.1. The molecule has 0 aliphatic carbocycles. The van der Waals surface area contributed by atoms with Crippen molar-refractivity contribution in [3.05, 3.63) is 0 Å². The number of methoxy groups -OCH3 is 1. The maximum absolute atomic E-state index is 12.1. The fraction of sp³-hybridized carbons (Fsp3) is 0.750. The van der Waals surface area contributed by atoms with Crippen molar-refractivity contribution >= 4 is 29.5 Å². The van der Waals surface area contributed by atoms with Gasteiger partial charge in [-0.25, -0.2) is 4.79 Å². The van der Waals surface area contributed by atoms with Gasteiger partial charge in [0.05, 0.1) is 18.5 Å². The van der Waals surface area contributed by atoms with E-state index in [9.17, 15) is 19.5 Å². The highest BCUT2D eigenvalue weighted by molar-refractivity contribution is 8.01. The summed E-state index contributed by atoms with van der Waals surface area (Å²) in [5.41, 5.74) is 0. The molecule has 3 atom stereocenters. The van der Waals surface area contributed by atoms with Crippen LogP contribution in [0, 0.1) is 0 Å². The lowest BCUT2D eigenvalue weighted by Crippen LogP contribution is -2.51. The number of amides is 2. The van der Waals surface area contributed by atoms with Crippen molar-refractivity contribution in [3.8, 4) is 0 Å². The van der Waals surface area contributed by atoms with Gasteiger partial charge in [-0.15, -0.1) is 11.8 Å². The highest BCUT2D eigenvalue weighted by atomic mass is 32.2. The van der Waals surface area contributed by atoms with Gasteiger partial charge in [0, 0.05) is 12.2 Å². The molecule has 2 amide bonds. The second-order valence-electron chi connectivity index (χ2n) is 5.05. The average Bonchev–Trinajstić information content (AvgIpc) is 2.92. The highest BCUT2D eigenvalue weighted by Gasteiger charge is 2.52. The molecule has 0 aromatic rings. The molecule has 2 aliphatic heterocycles. The Hall–Kier alpha value is -1.28. The molecule has 2 aliphatic rings. The molecule has 7 nitrogen and oxygen atoms in total. The lowest BCUT2D eigenvalue weighted by Gasteiger charge is -2.29. The molecule has 8 heteroatoms. The molecule has 2 saturated heterocycles. The summed E-state index contributed by atoms with van der Waals surface area (Å²) in [5, 5.41) is 11.9. The number of ether oxygens (including phenoxy) is 1. The third-order valence-corrected chi connectivity index (χ3v) is 5.20. The van der Waals surface area contributed by atoms with Gasteiger partial charge in [0.15, 0.2) is 6.10 Å². The van der Waals surface area contributed by atoms with Crippen LogP contribution in [0.1, 0.15) is 19.8 Å². The van der Waals surface area contributed by atoms with E-state index in [4.69, 9.17) is 0 Å². The largest absolute Gasteiger partial charge is 0.467 e. The summed E-state index contributed by atoms with van der Waals surface area (Å²) in [6.45, 7) is 1.74. The second-order valence-corrected chi connectivity index (χ2v) is 6.55. The van der Waals surface area contributed by atoms with Crippen molar-refractivity contribution in [1.82, 2.24) is 10.2 Å². The fourth-order valence-electron chi connectivity index (χ4n) is 2.55. The zero-order chi connectivity index (χ0) is 14.9. The molecule has 0 radical (unpaired) electrons. The smallest absolute Gasteiger partial charge is 0.336 e. The summed E-state index contributed by atoms with van der Waals surface area (Å²) < 4.78 is 4.36. The Morgan fingerprint density at radius 2 is 2.35 bits per heavy atom. The molecule has 3 unspecified atom stereocenters. The van der Waals surface area contributed by atoms with Gasteiger partial charge in [-0.3, -0.25) is 9.59 Å². The van der Waals surface area contributed by atoms with E-state index in [1.165, 1.54) is 0 Å². The van der Waals surface area contributed by atoms with E-state index in [1.807, 2.05) is 6.92 Å². The van der Waals surface area contributed by atoms with E-state index in [0.29, 0.717) is 12.2 Å². The summed E-state index contributed by atoms with van der Waals surface area (Å²) in [7, 11) is 1.16. The highest BCUT2D eigenvalue weighted by Crippen LogP contribution is 2.47. The fourth-order valence-corrected chi connectivity index (χ4v) is 3.98. The number of aliphatic hydroxyl groups excluding tert-OH is 1. The molecule has 2 rings (SSSR count). The molecule has 2 N–H and O–H groups in total. The zero-order valence-electron chi connectivity index (χ0n) is 11.4. The zero-order valence-corrected chi connectivity index (χ0v) is 12.2. The number of hydrogen-bond acceptors (Lipinski definition) is 6. The minimum atomic E-state index is -1.39. The molecule has 20 heavy (non-hydrogen) atoms. The van der Waals surface area contributed by atoms with Crippen molar-refractivity contribution in [2.45, 2.75) is 36.8 Å². The van der Waals surface area contributed by atoms with Gasteiger partial charge in [-0.2, -0.15) is 0 Å². The Kier molecular flexibility index (Phi) is 4.24. The molecule has 0 bridgehead atoms. The first kappa shape index (κ1) is 15.1. The van der Waals surface area contributed by atoms with Crippen LogP contribution in [-0.2, 0) is 19.1 Å². The molecule has 0 saturated carbocycles. The van der Waals surface area contributed by atoms with Gasteiger partial charge >= 0.3 is 5.97 Å². The van der Waals surface area contributed by atoms with Gasteiger partial charge in [-0.1, -0.05) is 0 Å². The number of carbonyl (C=O) groups is 3. The predicted octanol–water partition coefficient (Wildman–Crippen LogP) is -0.909. The van der Waals surface area contributed by atoms with E-state index in [-0.39, 0.29) is 23.2 Å². The van der Waals surface area contributed by atoms with Gasteiger partial charge in [-0.05, 0) is 13.3 Å². The number of carbonyl (C=O) groups excluding carboxylic acids is 3. The topological polar surface area (TPSA) is 95.9 Å². The summed E-state index contributed by atoms with van der Waals surface area (Å²) in [4.78, 5) is 36.3. The monoisotopic (exact) mass is 302 g/mol. The number of esters is 1. The summed E-state index contributed by atoms with van der Waals surface area (Å²) in [6.07, 6.45) is -0.193. The first-order valence-electron chi connectivity index (χ1n) is 6.39. The summed E-state index contributed by atoms with van der Waals surface area (Å²) in [5.74, 6) is -0.638. The number of fused-ring (bicyclic) bond motifs is 1. The Labute approximate surface area is 121 Å². The van der Waals surface area contributed by atoms with Crippen molar-refractivity contribution in [3.63, 3.8) is 0 Å². The van der Waals surface area contributed by atoms with Crippen LogP contribution in [0.4, 0.5) is 0 Å². The van der Waals surface area contributed by atoms with Crippen LogP contribution in [0.5, 0.6) is 0 Å². The van der Waals surface area contributed by atoms with Crippen LogP contribution in [0.3, 0.4) is 0 Å². The van der Waals surface area contributed by atoms with Gasteiger partial charge in [0.1, 0.15) is 6.04 Å². The Balaban J connectivity index is 1.94. The van der Waals surface area contributed by atoms with Crippen molar-refractivity contribution in [1.29, 1.82) is 0 Å². The van der Waals surface area contributed by atoms with Crippen LogP contribution in [0.2, 0.25) is 0 Å². The van der Waals surface area contributed by atoms with E-state index in [0.717, 1.165) is 13.5 Å². The Bertz CT molecular complexity index is 444. The van der Waals surface area contributed by atoms with E-state index >= 15 is 0 Å². The van der Waals surface area contributed by atoms with E-state index < -0.39 is 18.1 Å². The van der Waals surface area contributed by atoms with Crippen LogP contribution in [-0.4, -0.2) is 64.2 Å². The number of aliphatic hydroxyl groups is 1. The first-order chi connectivity index (χ1) is 9.39. The number of rotatable bonds is 4. The second kappa shape index (κ2) is 5.61. The van der Waals surface area contributed by atoms with Crippen LogP contribution in [0.15, 0.2) is 0 Å². The molecule has 112 valence electrons. The minimum absolute atomic E-state index is 0.0221. The van der Waals surface area contributed by atoms with Crippen molar-refractivity contribution in [2.24, 2.45) is 0 Å². The van der Waals surface area contributed by atoms with Crippen LogP contribution in [0.25, 0.3) is 0 Å². The van der Waals surface area contributed by atoms with E-state index in [1.54, 1.807) is 16.7 Å². The number of hydrogen-bond donors (Lipinski definition) is 2. The van der Waals surface area contributed by atoms with Crippen LogP contribution < -0.4 is 5.32 Å². The van der Waals surface area contributed by atoms with Gasteiger partial charge in [0.2, 0.25) is 11.8 Å². The minimum Gasteiger partial charge on any atom is -0.467 e. The molecule has 2 heterocycles. The molecule has 2 fully saturated rings. The Morgan fingerprint density at radius 1 is 1.65 bits per heavy atom. The predicted molar refractivity (Wildman–Crippen MR) is 71.8 cm³/mol. The van der Waals surface area contributed by atoms with Gasteiger partial charge < -0.3 is 20.1 Å². The molecule has 0 aromatic heterocycles.